The Labute approximate surface area is 130 Å². The number of rotatable bonds is 8. The van der Waals surface area contributed by atoms with Gasteiger partial charge in [0.2, 0.25) is 0 Å². The molecule has 0 saturated heterocycles. The van der Waals surface area contributed by atoms with E-state index in [1.165, 1.54) is 6.07 Å². The zero-order chi connectivity index (χ0) is 16.0. The molecule has 0 bridgehead atoms. The van der Waals surface area contributed by atoms with Gasteiger partial charge in [0.25, 0.3) is 0 Å². The van der Waals surface area contributed by atoms with Gasteiger partial charge in [0.05, 0.1) is 0 Å². The highest BCUT2D eigenvalue weighted by atomic mass is 35.5. The second kappa shape index (κ2) is 7.92. The van der Waals surface area contributed by atoms with E-state index in [-0.39, 0.29) is 11.2 Å². The van der Waals surface area contributed by atoms with Crippen LogP contribution in [-0.4, -0.2) is 31.1 Å². The van der Waals surface area contributed by atoms with Gasteiger partial charge in [0, 0.05) is 23.7 Å². The lowest BCUT2D eigenvalue weighted by Gasteiger charge is -2.31. The van der Waals surface area contributed by atoms with E-state index in [0.717, 1.165) is 13.1 Å². The Kier molecular flexibility index (Phi) is 6.84. The van der Waals surface area contributed by atoms with Gasteiger partial charge in [0.1, 0.15) is 5.75 Å². The summed E-state index contributed by atoms with van der Waals surface area (Å²) in [6.45, 7) is 5.91. The third kappa shape index (κ3) is 6.16. The van der Waals surface area contributed by atoms with Crippen LogP contribution in [0.1, 0.15) is 26.3 Å². The third-order valence-corrected chi connectivity index (χ3v) is 3.52. The largest absolute Gasteiger partial charge is 0.434 e. The summed E-state index contributed by atoms with van der Waals surface area (Å²) in [6, 6.07) is 4.69. The Morgan fingerprint density at radius 3 is 2.57 bits per heavy atom. The van der Waals surface area contributed by atoms with Crippen molar-refractivity contribution in [2.24, 2.45) is 11.1 Å². The van der Waals surface area contributed by atoms with E-state index in [1.54, 1.807) is 12.1 Å². The molecule has 1 aromatic rings. The molecular weight excluding hydrogens is 298 g/mol. The van der Waals surface area contributed by atoms with Gasteiger partial charge in [-0.25, -0.2) is 0 Å². The van der Waals surface area contributed by atoms with Crippen LogP contribution in [0.2, 0.25) is 5.02 Å². The lowest BCUT2D eigenvalue weighted by molar-refractivity contribution is -0.0508. The molecular formula is C15H23ClF2N2O. The van der Waals surface area contributed by atoms with Gasteiger partial charge in [0.15, 0.2) is 0 Å². The lowest BCUT2D eigenvalue weighted by atomic mass is 9.93. The minimum atomic E-state index is -2.85. The molecule has 2 N–H and O–H groups in total. The molecule has 120 valence electrons. The fourth-order valence-electron chi connectivity index (χ4n) is 2.07. The van der Waals surface area contributed by atoms with Crippen LogP contribution >= 0.6 is 11.6 Å². The molecule has 0 aliphatic heterocycles. The van der Waals surface area contributed by atoms with E-state index in [0.29, 0.717) is 23.7 Å². The number of benzene rings is 1. The normalized spacial score (nSPS) is 12.2. The van der Waals surface area contributed by atoms with Crippen LogP contribution in [-0.2, 0) is 6.54 Å². The van der Waals surface area contributed by atoms with Gasteiger partial charge < -0.3 is 10.5 Å². The quantitative estimate of drug-likeness (QED) is 0.793. The fourth-order valence-corrected chi connectivity index (χ4v) is 2.27. The SMILES string of the molecule is CCN(Cc1cc(Cl)ccc1OC(F)F)CC(C)(C)CN. The molecule has 0 amide bonds. The first-order valence-corrected chi connectivity index (χ1v) is 7.31. The molecule has 0 aliphatic carbocycles. The van der Waals surface area contributed by atoms with Crippen LogP contribution < -0.4 is 10.5 Å². The monoisotopic (exact) mass is 320 g/mol. The number of hydrogen-bond acceptors (Lipinski definition) is 3. The van der Waals surface area contributed by atoms with Crippen molar-refractivity contribution in [1.29, 1.82) is 0 Å². The van der Waals surface area contributed by atoms with Crippen molar-refractivity contribution in [3.63, 3.8) is 0 Å². The van der Waals surface area contributed by atoms with Gasteiger partial charge in [-0.3, -0.25) is 4.90 Å². The van der Waals surface area contributed by atoms with Crippen molar-refractivity contribution in [3.8, 4) is 5.75 Å². The number of alkyl halides is 2. The maximum Gasteiger partial charge on any atom is 0.387 e. The maximum atomic E-state index is 12.5. The first-order chi connectivity index (χ1) is 9.77. The Hall–Kier alpha value is -0.910. The van der Waals surface area contributed by atoms with Crippen LogP contribution in [0.5, 0.6) is 5.75 Å². The minimum absolute atomic E-state index is 0.0433. The molecule has 0 aromatic heterocycles. The summed E-state index contributed by atoms with van der Waals surface area (Å²) < 4.78 is 29.5. The number of halogens is 3. The van der Waals surface area contributed by atoms with Crippen molar-refractivity contribution in [2.45, 2.75) is 33.9 Å². The molecule has 0 aliphatic rings. The minimum Gasteiger partial charge on any atom is -0.434 e. The molecule has 21 heavy (non-hydrogen) atoms. The van der Waals surface area contributed by atoms with Crippen LogP contribution in [0.25, 0.3) is 0 Å². The fraction of sp³-hybridized carbons (Fsp3) is 0.600. The number of nitrogens with two attached hydrogens (primary N) is 1. The first-order valence-electron chi connectivity index (χ1n) is 6.93. The summed E-state index contributed by atoms with van der Waals surface area (Å²) in [5, 5.41) is 0.501. The summed E-state index contributed by atoms with van der Waals surface area (Å²) >= 11 is 5.96. The number of ether oxygens (including phenoxy) is 1. The van der Waals surface area contributed by atoms with E-state index in [1.807, 2.05) is 6.92 Å². The van der Waals surface area contributed by atoms with Crippen molar-refractivity contribution in [1.82, 2.24) is 4.90 Å². The smallest absolute Gasteiger partial charge is 0.387 e. The van der Waals surface area contributed by atoms with E-state index < -0.39 is 6.61 Å². The zero-order valence-electron chi connectivity index (χ0n) is 12.7. The molecule has 3 nitrogen and oxygen atoms in total. The Bertz CT molecular complexity index is 455. The molecule has 0 saturated carbocycles. The molecule has 1 rings (SSSR count). The van der Waals surface area contributed by atoms with Crippen molar-refractivity contribution in [3.05, 3.63) is 28.8 Å². The number of nitrogens with zero attached hydrogens (tertiary/aromatic N) is 1. The summed E-state index contributed by atoms with van der Waals surface area (Å²) in [6.07, 6.45) is 0. The van der Waals surface area contributed by atoms with Gasteiger partial charge in [-0.2, -0.15) is 8.78 Å². The molecule has 0 spiro atoms. The van der Waals surface area contributed by atoms with Crippen LogP contribution in [0, 0.1) is 5.41 Å². The van der Waals surface area contributed by atoms with Gasteiger partial charge in [-0.05, 0) is 36.7 Å². The van der Waals surface area contributed by atoms with Gasteiger partial charge in [-0.1, -0.05) is 32.4 Å². The maximum absolute atomic E-state index is 12.5. The van der Waals surface area contributed by atoms with Crippen LogP contribution in [0.3, 0.4) is 0 Å². The van der Waals surface area contributed by atoms with E-state index in [9.17, 15) is 8.78 Å². The van der Waals surface area contributed by atoms with Crippen LogP contribution in [0.15, 0.2) is 18.2 Å². The van der Waals surface area contributed by atoms with Crippen molar-refractivity contribution in [2.75, 3.05) is 19.6 Å². The zero-order valence-corrected chi connectivity index (χ0v) is 13.5. The molecule has 0 atom stereocenters. The van der Waals surface area contributed by atoms with Gasteiger partial charge in [-0.15, -0.1) is 0 Å². The van der Waals surface area contributed by atoms with E-state index in [2.05, 4.69) is 23.5 Å². The van der Waals surface area contributed by atoms with E-state index >= 15 is 0 Å². The molecule has 0 fully saturated rings. The summed E-state index contributed by atoms with van der Waals surface area (Å²) in [5.41, 5.74) is 6.36. The molecule has 0 radical (unpaired) electrons. The molecule has 0 unspecified atom stereocenters. The lowest BCUT2D eigenvalue weighted by Crippen LogP contribution is -2.38. The van der Waals surface area contributed by atoms with E-state index in [4.69, 9.17) is 17.3 Å². The second-order valence-electron chi connectivity index (χ2n) is 5.80. The standard InChI is InChI=1S/C15H23ClF2N2O/c1-4-20(10-15(2,3)9-19)8-11-7-12(16)5-6-13(11)21-14(17)18/h5-7,14H,4,8-10,19H2,1-3H3. The Morgan fingerprint density at radius 1 is 1.38 bits per heavy atom. The highest BCUT2D eigenvalue weighted by Gasteiger charge is 2.21. The van der Waals surface area contributed by atoms with Crippen LogP contribution in [0.4, 0.5) is 8.78 Å². The molecule has 6 heteroatoms. The average Bonchev–Trinajstić information content (AvgIpc) is 2.40. The summed E-state index contributed by atoms with van der Waals surface area (Å²) in [4.78, 5) is 2.14. The molecule has 0 heterocycles. The first kappa shape index (κ1) is 18.1. The Balaban J connectivity index is 2.90. The topological polar surface area (TPSA) is 38.5 Å². The summed E-state index contributed by atoms with van der Waals surface area (Å²) in [5.74, 6) is 0.165. The van der Waals surface area contributed by atoms with Crippen molar-refractivity contribution >= 4 is 11.6 Å². The number of hydrogen-bond donors (Lipinski definition) is 1. The highest BCUT2D eigenvalue weighted by Crippen LogP contribution is 2.27. The predicted octanol–water partition coefficient (Wildman–Crippen LogP) is 3.75. The predicted molar refractivity (Wildman–Crippen MR) is 81.9 cm³/mol. The molecule has 1 aromatic carbocycles. The van der Waals surface area contributed by atoms with Crippen molar-refractivity contribution < 1.29 is 13.5 Å². The Morgan fingerprint density at radius 2 is 2.05 bits per heavy atom. The second-order valence-corrected chi connectivity index (χ2v) is 6.24. The highest BCUT2D eigenvalue weighted by molar-refractivity contribution is 6.30. The third-order valence-electron chi connectivity index (χ3n) is 3.28. The van der Waals surface area contributed by atoms with Gasteiger partial charge >= 0.3 is 6.61 Å². The summed E-state index contributed by atoms with van der Waals surface area (Å²) in [7, 11) is 0. The average molecular weight is 321 g/mol.